The second kappa shape index (κ2) is 12.0. The maximum absolute atomic E-state index is 5.62. The molecule has 0 spiro atoms. The Kier molecular flexibility index (Phi) is 10.2. The molecule has 0 amide bonds. The van der Waals surface area contributed by atoms with Gasteiger partial charge in [-0.1, -0.05) is 25.5 Å². The topological polar surface area (TPSA) is 54.5 Å². The standard InChI is InChI=1S/C19H32N4/c1-4-5-7-12-21-18(3)15-23(14-8-6-11-20)16-19-17(2)10-9-13-22-19/h7,9-10,12-13H,4-6,8,11,14-16,20H2,1-3H3/b12-7-,21-18?. The molecule has 0 atom stereocenters. The Bertz CT molecular complexity index is 494. The highest BCUT2D eigenvalue weighted by atomic mass is 15.1. The van der Waals surface area contributed by atoms with Gasteiger partial charge in [-0.25, -0.2) is 0 Å². The van der Waals surface area contributed by atoms with Crippen LogP contribution in [0.1, 0.15) is 50.8 Å². The lowest BCUT2D eigenvalue weighted by atomic mass is 10.2. The van der Waals surface area contributed by atoms with Crippen LogP contribution in [0, 0.1) is 6.92 Å². The molecule has 1 aromatic heterocycles. The average Bonchev–Trinajstić information content (AvgIpc) is 2.54. The van der Waals surface area contributed by atoms with E-state index in [-0.39, 0.29) is 0 Å². The summed E-state index contributed by atoms with van der Waals surface area (Å²) >= 11 is 0. The van der Waals surface area contributed by atoms with E-state index in [4.69, 9.17) is 5.73 Å². The Balaban J connectivity index is 2.66. The number of aromatic nitrogens is 1. The summed E-state index contributed by atoms with van der Waals surface area (Å²) in [7, 11) is 0. The number of aliphatic imine (C=N–C) groups is 1. The summed E-state index contributed by atoms with van der Waals surface area (Å²) in [5.41, 5.74) is 9.15. The summed E-state index contributed by atoms with van der Waals surface area (Å²) < 4.78 is 0. The number of nitrogens with zero attached hydrogens (tertiary/aromatic N) is 3. The Morgan fingerprint density at radius 2 is 2.22 bits per heavy atom. The van der Waals surface area contributed by atoms with Crippen molar-refractivity contribution in [2.75, 3.05) is 19.6 Å². The van der Waals surface area contributed by atoms with Crippen LogP contribution in [0.4, 0.5) is 0 Å². The first-order valence-electron chi connectivity index (χ1n) is 8.68. The Labute approximate surface area is 141 Å². The molecule has 0 aliphatic rings. The molecule has 1 aromatic rings. The quantitative estimate of drug-likeness (QED) is 0.500. The van der Waals surface area contributed by atoms with E-state index in [2.05, 4.69) is 47.8 Å². The molecule has 1 heterocycles. The molecular formula is C19H32N4. The van der Waals surface area contributed by atoms with Crippen LogP contribution in [-0.4, -0.2) is 35.2 Å². The van der Waals surface area contributed by atoms with Gasteiger partial charge in [0, 0.05) is 31.2 Å². The third-order valence-electron chi connectivity index (χ3n) is 3.73. The van der Waals surface area contributed by atoms with Gasteiger partial charge in [-0.2, -0.15) is 0 Å². The van der Waals surface area contributed by atoms with E-state index in [0.717, 1.165) is 63.3 Å². The summed E-state index contributed by atoms with van der Waals surface area (Å²) in [6.45, 7) is 9.91. The van der Waals surface area contributed by atoms with E-state index in [1.54, 1.807) is 0 Å². The fraction of sp³-hybridized carbons (Fsp3) is 0.579. The van der Waals surface area contributed by atoms with E-state index < -0.39 is 0 Å². The van der Waals surface area contributed by atoms with E-state index in [1.807, 2.05) is 18.5 Å². The summed E-state index contributed by atoms with van der Waals surface area (Å²) in [6, 6.07) is 4.11. The number of allylic oxidation sites excluding steroid dienone is 1. The predicted molar refractivity (Wildman–Crippen MR) is 99.7 cm³/mol. The maximum atomic E-state index is 5.62. The van der Waals surface area contributed by atoms with Crippen LogP contribution < -0.4 is 5.73 Å². The number of unbranched alkanes of at least 4 members (excludes halogenated alkanes) is 2. The maximum Gasteiger partial charge on any atom is 0.0573 e. The number of rotatable bonds is 11. The Hall–Kier alpha value is -1.52. The average molecular weight is 316 g/mol. The molecule has 0 unspecified atom stereocenters. The number of aryl methyl sites for hydroxylation is 1. The van der Waals surface area contributed by atoms with E-state index in [9.17, 15) is 0 Å². The molecule has 128 valence electrons. The van der Waals surface area contributed by atoms with Gasteiger partial charge in [0.2, 0.25) is 0 Å². The van der Waals surface area contributed by atoms with Crippen LogP contribution in [-0.2, 0) is 6.54 Å². The van der Waals surface area contributed by atoms with Gasteiger partial charge in [0.15, 0.2) is 0 Å². The van der Waals surface area contributed by atoms with E-state index in [0.29, 0.717) is 0 Å². The van der Waals surface area contributed by atoms with Crippen molar-refractivity contribution in [1.29, 1.82) is 0 Å². The fourth-order valence-corrected chi connectivity index (χ4v) is 2.38. The van der Waals surface area contributed by atoms with Gasteiger partial charge in [-0.3, -0.25) is 14.9 Å². The zero-order chi connectivity index (χ0) is 16.9. The summed E-state index contributed by atoms with van der Waals surface area (Å²) in [5.74, 6) is 0. The smallest absolute Gasteiger partial charge is 0.0573 e. The summed E-state index contributed by atoms with van der Waals surface area (Å²) in [6.07, 6.45) is 10.4. The van der Waals surface area contributed by atoms with E-state index >= 15 is 0 Å². The molecule has 4 heteroatoms. The molecule has 2 N–H and O–H groups in total. The SMILES string of the molecule is CCC/C=C\N=C(C)CN(CCCCN)Cc1ncccc1C. The van der Waals surface area contributed by atoms with Crippen molar-refractivity contribution in [2.24, 2.45) is 10.7 Å². The summed E-state index contributed by atoms with van der Waals surface area (Å²) in [4.78, 5) is 11.5. The van der Waals surface area contributed by atoms with Crippen LogP contribution in [0.15, 0.2) is 35.6 Å². The molecule has 0 fully saturated rings. The minimum atomic E-state index is 0.753. The number of hydrogen-bond acceptors (Lipinski definition) is 4. The molecule has 0 radical (unpaired) electrons. The summed E-state index contributed by atoms with van der Waals surface area (Å²) in [5, 5.41) is 0. The number of pyridine rings is 1. The highest BCUT2D eigenvalue weighted by Gasteiger charge is 2.09. The minimum absolute atomic E-state index is 0.753. The van der Waals surface area contributed by atoms with E-state index in [1.165, 1.54) is 5.56 Å². The molecule has 0 aliphatic carbocycles. The normalized spacial score (nSPS) is 12.5. The van der Waals surface area contributed by atoms with Crippen molar-refractivity contribution in [3.63, 3.8) is 0 Å². The van der Waals surface area contributed by atoms with Crippen molar-refractivity contribution in [1.82, 2.24) is 9.88 Å². The molecule has 4 nitrogen and oxygen atoms in total. The van der Waals surface area contributed by atoms with Crippen molar-refractivity contribution in [2.45, 2.75) is 53.0 Å². The monoisotopic (exact) mass is 316 g/mol. The van der Waals surface area contributed by atoms with Crippen LogP contribution >= 0.6 is 0 Å². The molecule has 0 bridgehead atoms. The zero-order valence-corrected chi connectivity index (χ0v) is 15.0. The number of hydrogen-bond donors (Lipinski definition) is 1. The van der Waals surface area contributed by atoms with Gasteiger partial charge in [-0.15, -0.1) is 0 Å². The van der Waals surface area contributed by atoms with Crippen LogP contribution in [0.3, 0.4) is 0 Å². The van der Waals surface area contributed by atoms with Gasteiger partial charge in [0.25, 0.3) is 0 Å². The lowest BCUT2D eigenvalue weighted by Gasteiger charge is -2.22. The van der Waals surface area contributed by atoms with Gasteiger partial charge < -0.3 is 5.73 Å². The van der Waals surface area contributed by atoms with Gasteiger partial charge >= 0.3 is 0 Å². The van der Waals surface area contributed by atoms with Crippen LogP contribution in [0.5, 0.6) is 0 Å². The first-order chi connectivity index (χ1) is 11.2. The third kappa shape index (κ3) is 8.62. The van der Waals surface area contributed by atoms with Crippen molar-refractivity contribution in [3.8, 4) is 0 Å². The Morgan fingerprint density at radius 1 is 1.39 bits per heavy atom. The molecule has 0 aromatic carbocycles. The molecular weight excluding hydrogens is 284 g/mol. The van der Waals surface area contributed by atoms with Crippen molar-refractivity contribution in [3.05, 3.63) is 41.9 Å². The minimum Gasteiger partial charge on any atom is -0.330 e. The number of nitrogens with two attached hydrogens (primary N) is 1. The second-order valence-corrected chi connectivity index (χ2v) is 6.01. The first-order valence-corrected chi connectivity index (χ1v) is 8.68. The highest BCUT2D eigenvalue weighted by molar-refractivity contribution is 5.84. The molecule has 1 rings (SSSR count). The highest BCUT2D eigenvalue weighted by Crippen LogP contribution is 2.08. The zero-order valence-electron chi connectivity index (χ0n) is 15.0. The van der Waals surface area contributed by atoms with Gasteiger partial charge in [-0.05, 0) is 57.8 Å². The molecule has 0 saturated heterocycles. The lowest BCUT2D eigenvalue weighted by Crippen LogP contribution is -2.30. The first kappa shape index (κ1) is 19.5. The molecule has 0 aliphatic heterocycles. The second-order valence-electron chi connectivity index (χ2n) is 6.01. The predicted octanol–water partition coefficient (Wildman–Crippen LogP) is 3.71. The van der Waals surface area contributed by atoms with Crippen LogP contribution in [0.25, 0.3) is 0 Å². The van der Waals surface area contributed by atoms with Gasteiger partial charge in [0.1, 0.15) is 0 Å². The van der Waals surface area contributed by atoms with Crippen molar-refractivity contribution >= 4 is 5.71 Å². The van der Waals surface area contributed by atoms with Crippen LogP contribution in [0.2, 0.25) is 0 Å². The third-order valence-corrected chi connectivity index (χ3v) is 3.73. The Morgan fingerprint density at radius 3 is 2.91 bits per heavy atom. The van der Waals surface area contributed by atoms with Gasteiger partial charge in [0.05, 0.1) is 5.69 Å². The largest absolute Gasteiger partial charge is 0.330 e. The fourth-order valence-electron chi connectivity index (χ4n) is 2.38. The lowest BCUT2D eigenvalue weighted by molar-refractivity contribution is 0.292. The molecule has 23 heavy (non-hydrogen) atoms. The molecule has 0 saturated carbocycles. The van der Waals surface area contributed by atoms with Crippen molar-refractivity contribution < 1.29 is 0 Å².